The molecule has 132 valence electrons. The Morgan fingerprint density at radius 2 is 2.12 bits per heavy atom. The van der Waals surface area contributed by atoms with Gasteiger partial charge in [-0.25, -0.2) is 0 Å². The second-order valence-corrected chi connectivity index (χ2v) is 8.91. The highest BCUT2D eigenvalue weighted by Crippen LogP contribution is 2.67. The minimum absolute atomic E-state index is 0.0244. The zero-order valence-corrected chi connectivity index (χ0v) is 15.1. The first-order valence-corrected chi connectivity index (χ1v) is 9.82. The van der Waals surface area contributed by atoms with Crippen LogP contribution in [0.15, 0.2) is 12.2 Å². The maximum atomic E-state index is 13.3. The molecule has 3 heteroatoms. The molecule has 5 rings (SSSR count). The van der Waals surface area contributed by atoms with E-state index in [0.717, 1.165) is 57.3 Å². The molecule has 0 amide bonds. The first-order valence-electron chi connectivity index (χ1n) is 9.82. The molecule has 0 radical (unpaired) electrons. The van der Waals surface area contributed by atoms with Crippen molar-refractivity contribution in [3.05, 3.63) is 12.2 Å². The van der Waals surface area contributed by atoms with Crippen molar-refractivity contribution < 1.29 is 14.3 Å². The van der Waals surface area contributed by atoms with E-state index in [1.54, 1.807) is 0 Å². The SMILES string of the molecule is C=C1C(=O)[C@]23CC[C@H]1CC2[C@@]1(CCCC)COC[C@@H](C)C1CC3=O. The number of carbonyl (C=O) groups is 2. The van der Waals surface area contributed by atoms with Crippen LogP contribution in [0, 0.1) is 34.5 Å². The molecular weight excluding hydrogens is 300 g/mol. The maximum Gasteiger partial charge on any atom is 0.172 e. The predicted octanol–water partition coefficient (Wildman–Crippen LogP) is 3.96. The van der Waals surface area contributed by atoms with Gasteiger partial charge in [-0.05, 0) is 54.9 Å². The first-order chi connectivity index (χ1) is 11.5. The summed E-state index contributed by atoms with van der Waals surface area (Å²) in [7, 11) is 0. The van der Waals surface area contributed by atoms with Crippen LogP contribution in [0.2, 0.25) is 0 Å². The number of ketones is 2. The zero-order chi connectivity index (χ0) is 17.1. The summed E-state index contributed by atoms with van der Waals surface area (Å²) < 4.78 is 6.06. The lowest BCUT2D eigenvalue weighted by Crippen LogP contribution is -2.67. The Kier molecular flexibility index (Phi) is 3.80. The molecule has 0 aromatic carbocycles. The monoisotopic (exact) mass is 330 g/mol. The van der Waals surface area contributed by atoms with E-state index in [4.69, 9.17) is 4.74 Å². The van der Waals surface area contributed by atoms with Crippen molar-refractivity contribution in [1.29, 1.82) is 0 Å². The predicted molar refractivity (Wildman–Crippen MR) is 92.5 cm³/mol. The van der Waals surface area contributed by atoms with Gasteiger partial charge in [0.1, 0.15) is 5.78 Å². The first kappa shape index (κ1) is 16.5. The average Bonchev–Trinajstić information content (AvgIpc) is 2.59. The van der Waals surface area contributed by atoms with Gasteiger partial charge in [0, 0.05) is 18.4 Å². The molecule has 24 heavy (non-hydrogen) atoms. The Hall–Kier alpha value is -0.960. The quantitative estimate of drug-likeness (QED) is 0.581. The lowest BCUT2D eigenvalue weighted by molar-refractivity contribution is -0.202. The van der Waals surface area contributed by atoms with Crippen molar-refractivity contribution in [2.24, 2.45) is 34.5 Å². The molecule has 5 fully saturated rings. The topological polar surface area (TPSA) is 43.4 Å². The zero-order valence-electron chi connectivity index (χ0n) is 15.1. The molecule has 5 aliphatic rings. The van der Waals surface area contributed by atoms with E-state index in [1.807, 2.05) is 0 Å². The molecule has 1 saturated heterocycles. The van der Waals surface area contributed by atoms with Crippen molar-refractivity contribution in [3.63, 3.8) is 0 Å². The minimum atomic E-state index is -0.753. The van der Waals surface area contributed by atoms with Gasteiger partial charge in [-0.1, -0.05) is 33.3 Å². The van der Waals surface area contributed by atoms with Gasteiger partial charge in [-0.2, -0.15) is 0 Å². The second-order valence-electron chi connectivity index (χ2n) is 8.91. The van der Waals surface area contributed by atoms with Crippen molar-refractivity contribution in [3.8, 4) is 0 Å². The molecule has 4 saturated carbocycles. The van der Waals surface area contributed by atoms with Crippen LogP contribution in [0.3, 0.4) is 0 Å². The highest BCUT2D eigenvalue weighted by Gasteiger charge is 2.69. The normalized spacial score (nSPS) is 47.5. The van der Waals surface area contributed by atoms with Crippen LogP contribution in [0.1, 0.15) is 58.8 Å². The van der Waals surface area contributed by atoms with Gasteiger partial charge >= 0.3 is 0 Å². The van der Waals surface area contributed by atoms with E-state index < -0.39 is 5.41 Å². The van der Waals surface area contributed by atoms with E-state index >= 15 is 0 Å². The van der Waals surface area contributed by atoms with Crippen LogP contribution in [0.4, 0.5) is 0 Å². The van der Waals surface area contributed by atoms with E-state index in [0.29, 0.717) is 24.2 Å². The number of hydrogen-bond donors (Lipinski definition) is 0. The highest BCUT2D eigenvalue weighted by molar-refractivity contribution is 6.16. The van der Waals surface area contributed by atoms with Crippen molar-refractivity contribution in [1.82, 2.24) is 0 Å². The van der Waals surface area contributed by atoms with Crippen LogP contribution in [-0.2, 0) is 14.3 Å². The molecule has 3 nitrogen and oxygen atoms in total. The third kappa shape index (κ3) is 1.88. The minimum Gasteiger partial charge on any atom is -0.381 e. The maximum absolute atomic E-state index is 13.3. The molecule has 0 N–H and O–H groups in total. The Morgan fingerprint density at radius 1 is 1.33 bits per heavy atom. The van der Waals surface area contributed by atoms with E-state index in [-0.39, 0.29) is 22.9 Å². The van der Waals surface area contributed by atoms with Crippen LogP contribution >= 0.6 is 0 Å². The van der Waals surface area contributed by atoms with Gasteiger partial charge in [-0.3, -0.25) is 9.59 Å². The smallest absolute Gasteiger partial charge is 0.172 e. The van der Waals surface area contributed by atoms with Crippen LogP contribution < -0.4 is 0 Å². The summed E-state index contributed by atoms with van der Waals surface area (Å²) in [5.41, 5.74) is 0.00679. The fourth-order valence-corrected chi connectivity index (χ4v) is 6.73. The van der Waals surface area contributed by atoms with Crippen LogP contribution in [-0.4, -0.2) is 24.8 Å². The summed E-state index contributed by atoms with van der Waals surface area (Å²) in [6.45, 7) is 10.0. The van der Waals surface area contributed by atoms with Gasteiger partial charge in [0.2, 0.25) is 0 Å². The Bertz CT molecular complexity index is 594. The number of rotatable bonds is 3. The molecule has 1 spiro atoms. The molecule has 4 aliphatic carbocycles. The van der Waals surface area contributed by atoms with Crippen LogP contribution in [0.5, 0.6) is 0 Å². The number of carbonyl (C=O) groups excluding carboxylic acids is 2. The summed E-state index contributed by atoms with van der Waals surface area (Å²) in [6.07, 6.45) is 6.70. The second kappa shape index (κ2) is 5.52. The molecular formula is C21H30O3. The Labute approximate surface area is 145 Å². The number of allylic oxidation sites excluding steroid dienone is 1. The Morgan fingerprint density at radius 3 is 2.88 bits per heavy atom. The molecule has 1 heterocycles. The summed E-state index contributed by atoms with van der Waals surface area (Å²) in [4.78, 5) is 26.4. The number of hydrogen-bond acceptors (Lipinski definition) is 3. The molecule has 0 aromatic rings. The van der Waals surface area contributed by atoms with Gasteiger partial charge in [0.25, 0.3) is 0 Å². The van der Waals surface area contributed by atoms with Gasteiger partial charge in [-0.15, -0.1) is 0 Å². The van der Waals surface area contributed by atoms with Crippen LogP contribution in [0.25, 0.3) is 0 Å². The standard InChI is InChI=1S/C21H30O3/c1-4-5-7-20-12-24-11-13(2)16(20)10-18(22)21-8-6-15(9-17(20)21)14(3)19(21)23/h13,15-17H,3-12H2,1-2H3/t13-,15+,16?,17?,20+,21-/m1/s1. The van der Waals surface area contributed by atoms with Gasteiger partial charge < -0.3 is 4.74 Å². The van der Waals surface area contributed by atoms with Crippen molar-refractivity contribution >= 4 is 11.6 Å². The molecule has 2 unspecified atom stereocenters. The van der Waals surface area contributed by atoms with Crippen molar-refractivity contribution in [2.75, 3.05) is 13.2 Å². The van der Waals surface area contributed by atoms with Gasteiger partial charge in [0.15, 0.2) is 5.78 Å². The number of Topliss-reactive ketones (excluding diaryl/α,β-unsaturated/α-hetero) is 2. The summed E-state index contributed by atoms with van der Waals surface area (Å²) in [5, 5.41) is 0. The average molecular weight is 330 g/mol. The lowest BCUT2D eigenvalue weighted by Gasteiger charge is -2.64. The van der Waals surface area contributed by atoms with Gasteiger partial charge in [0.05, 0.1) is 12.0 Å². The molecule has 6 atom stereocenters. The highest BCUT2D eigenvalue weighted by atomic mass is 16.5. The fraction of sp³-hybridized carbons (Fsp3) is 0.810. The Balaban J connectivity index is 1.83. The van der Waals surface area contributed by atoms with E-state index in [2.05, 4.69) is 20.4 Å². The molecule has 0 aromatic heterocycles. The number of unbranched alkanes of at least 4 members (excludes halogenated alkanes) is 1. The largest absolute Gasteiger partial charge is 0.381 e. The number of ether oxygens (including phenoxy) is 1. The van der Waals surface area contributed by atoms with Crippen molar-refractivity contribution in [2.45, 2.75) is 58.8 Å². The van der Waals surface area contributed by atoms with E-state index in [1.165, 1.54) is 0 Å². The molecule has 2 bridgehead atoms. The summed E-state index contributed by atoms with van der Waals surface area (Å²) in [6, 6.07) is 0. The third-order valence-corrected chi connectivity index (χ3v) is 7.96. The third-order valence-electron chi connectivity index (χ3n) is 7.96. The number of fused-ring (bicyclic) bond motifs is 3. The van der Waals surface area contributed by atoms with E-state index in [9.17, 15) is 9.59 Å². The fourth-order valence-electron chi connectivity index (χ4n) is 6.73. The molecule has 1 aliphatic heterocycles. The lowest BCUT2D eigenvalue weighted by atomic mass is 9.38. The summed E-state index contributed by atoms with van der Waals surface area (Å²) in [5.74, 6) is 1.60. The summed E-state index contributed by atoms with van der Waals surface area (Å²) >= 11 is 0.